The number of piperidine rings is 1. The number of hydrogen-bond acceptors (Lipinski definition) is 3. The van der Waals surface area contributed by atoms with Gasteiger partial charge in [0.2, 0.25) is 5.91 Å². The van der Waals surface area contributed by atoms with Gasteiger partial charge in [-0.05, 0) is 47.6 Å². The molecule has 0 aliphatic carbocycles. The van der Waals surface area contributed by atoms with Crippen molar-refractivity contribution in [3.63, 3.8) is 0 Å². The summed E-state index contributed by atoms with van der Waals surface area (Å²) in [6.07, 6.45) is 1.35. The second-order valence-electron chi connectivity index (χ2n) is 4.95. The van der Waals surface area contributed by atoms with Crippen molar-refractivity contribution in [3.8, 4) is 6.07 Å². The van der Waals surface area contributed by atoms with Crippen LogP contribution < -0.4 is 5.32 Å². The zero-order chi connectivity index (χ0) is 15.2. The molecule has 1 aromatic rings. The van der Waals surface area contributed by atoms with Crippen LogP contribution >= 0.6 is 22.6 Å². The predicted molar refractivity (Wildman–Crippen MR) is 86.5 cm³/mol. The van der Waals surface area contributed by atoms with Gasteiger partial charge in [0.1, 0.15) is 6.42 Å². The van der Waals surface area contributed by atoms with Crippen LogP contribution in [0.15, 0.2) is 24.3 Å². The Morgan fingerprint density at radius 3 is 2.62 bits per heavy atom. The SMILES string of the molecule is N#CCC(=O)NC1CCN(C(=O)c2ccccc2I)CC1. The highest BCUT2D eigenvalue weighted by Gasteiger charge is 2.25. The Bertz CT molecular complexity index is 575. The van der Waals surface area contributed by atoms with Crippen molar-refractivity contribution in [2.24, 2.45) is 0 Å². The lowest BCUT2D eigenvalue weighted by Gasteiger charge is -2.32. The van der Waals surface area contributed by atoms with E-state index in [1.54, 1.807) is 0 Å². The number of nitrogens with one attached hydrogen (secondary N) is 1. The van der Waals surface area contributed by atoms with Gasteiger partial charge in [0.15, 0.2) is 0 Å². The smallest absolute Gasteiger partial charge is 0.254 e. The van der Waals surface area contributed by atoms with E-state index in [0.29, 0.717) is 13.1 Å². The first-order valence-corrected chi connectivity index (χ1v) is 7.90. The number of hydrogen-bond donors (Lipinski definition) is 1. The van der Waals surface area contributed by atoms with Crippen molar-refractivity contribution in [3.05, 3.63) is 33.4 Å². The molecule has 0 radical (unpaired) electrons. The molecule has 1 saturated heterocycles. The maximum atomic E-state index is 12.4. The Morgan fingerprint density at radius 1 is 1.33 bits per heavy atom. The lowest BCUT2D eigenvalue weighted by Crippen LogP contribution is -2.46. The third-order valence-corrected chi connectivity index (χ3v) is 4.43. The monoisotopic (exact) mass is 397 g/mol. The largest absolute Gasteiger partial charge is 0.352 e. The standard InChI is InChI=1S/C15H16IN3O2/c16-13-4-2-1-3-12(13)15(21)19-9-6-11(7-10-19)18-14(20)5-8-17/h1-4,11H,5-7,9-10H2,(H,18,20). The molecule has 0 saturated carbocycles. The van der Waals surface area contributed by atoms with Gasteiger partial charge in [0.25, 0.3) is 5.91 Å². The molecule has 0 bridgehead atoms. The molecule has 1 N–H and O–H groups in total. The minimum absolute atomic E-state index is 0.0433. The van der Waals surface area contributed by atoms with Gasteiger partial charge in [-0.15, -0.1) is 0 Å². The van der Waals surface area contributed by atoms with Crippen LogP contribution in [0.2, 0.25) is 0 Å². The molecule has 0 unspecified atom stereocenters. The molecule has 0 atom stereocenters. The van der Waals surface area contributed by atoms with Gasteiger partial charge in [0.05, 0.1) is 11.6 Å². The van der Waals surface area contributed by atoms with Crippen molar-refractivity contribution in [1.82, 2.24) is 10.2 Å². The van der Waals surface area contributed by atoms with Gasteiger partial charge < -0.3 is 10.2 Å². The summed E-state index contributed by atoms with van der Waals surface area (Å²) < 4.78 is 0.949. The van der Waals surface area contributed by atoms with Crippen LogP contribution in [-0.4, -0.2) is 35.8 Å². The molecule has 0 aromatic heterocycles. The van der Waals surface area contributed by atoms with Crippen molar-refractivity contribution >= 4 is 34.4 Å². The molecule has 2 rings (SSSR count). The molecular weight excluding hydrogens is 381 g/mol. The second-order valence-corrected chi connectivity index (χ2v) is 6.11. The zero-order valence-corrected chi connectivity index (χ0v) is 13.7. The van der Waals surface area contributed by atoms with Gasteiger partial charge in [-0.2, -0.15) is 5.26 Å². The summed E-state index contributed by atoms with van der Waals surface area (Å²) >= 11 is 2.17. The van der Waals surface area contributed by atoms with E-state index in [1.165, 1.54) is 0 Å². The van der Waals surface area contributed by atoms with Crippen LogP contribution in [0.4, 0.5) is 0 Å². The summed E-state index contributed by atoms with van der Waals surface area (Å²) in [7, 11) is 0. The maximum absolute atomic E-state index is 12.4. The van der Waals surface area contributed by atoms with Crippen molar-refractivity contribution in [2.45, 2.75) is 25.3 Å². The molecule has 6 heteroatoms. The summed E-state index contributed by atoms with van der Waals surface area (Å²) in [4.78, 5) is 25.6. The van der Waals surface area contributed by atoms with Gasteiger partial charge in [0, 0.05) is 22.7 Å². The summed E-state index contributed by atoms with van der Waals surface area (Å²) in [5.41, 5.74) is 0.727. The number of carbonyl (C=O) groups is 2. The number of rotatable bonds is 3. The first-order valence-electron chi connectivity index (χ1n) is 6.82. The lowest BCUT2D eigenvalue weighted by atomic mass is 10.0. The quantitative estimate of drug-likeness (QED) is 0.793. The van der Waals surface area contributed by atoms with Crippen LogP contribution in [0.3, 0.4) is 0 Å². The zero-order valence-electron chi connectivity index (χ0n) is 11.5. The number of nitriles is 1. The molecule has 1 aliphatic rings. The minimum Gasteiger partial charge on any atom is -0.352 e. The minimum atomic E-state index is -0.236. The fourth-order valence-electron chi connectivity index (χ4n) is 2.38. The summed E-state index contributed by atoms with van der Waals surface area (Å²) in [6.45, 7) is 1.25. The molecule has 5 nitrogen and oxygen atoms in total. The van der Waals surface area contributed by atoms with Crippen molar-refractivity contribution in [2.75, 3.05) is 13.1 Å². The molecule has 21 heavy (non-hydrogen) atoms. The van der Waals surface area contributed by atoms with E-state index in [1.807, 2.05) is 35.2 Å². The number of halogens is 1. The van der Waals surface area contributed by atoms with Gasteiger partial charge >= 0.3 is 0 Å². The maximum Gasteiger partial charge on any atom is 0.254 e. The topological polar surface area (TPSA) is 73.2 Å². The highest BCUT2D eigenvalue weighted by Crippen LogP contribution is 2.18. The number of nitrogens with zero attached hydrogens (tertiary/aromatic N) is 2. The predicted octanol–water partition coefficient (Wildman–Crippen LogP) is 1.93. The Labute approximate surface area is 137 Å². The Hall–Kier alpha value is -1.62. The van der Waals surface area contributed by atoms with E-state index < -0.39 is 0 Å². The van der Waals surface area contributed by atoms with Crippen LogP contribution in [0.5, 0.6) is 0 Å². The summed E-state index contributed by atoms with van der Waals surface area (Å²) in [5.74, 6) is -0.193. The van der Waals surface area contributed by atoms with E-state index in [4.69, 9.17) is 5.26 Å². The van der Waals surface area contributed by atoms with Crippen LogP contribution in [0.25, 0.3) is 0 Å². The third-order valence-electron chi connectivity index (χ3n) is 3.49. The first-order chi connectivity index (χ1) is 10.1. The average Bonchev–Trinajstić information content (AvgIpc) is 2.48. The van der Waals surface area contributed by atoms with E-state index in [-0.39, 0.29) is 24.3 Å². The molecule has 110 valence electrons. The van der Waals surface area contributed by atoms with Crippen LogP contribution in [0, 0.1) is 14.9 Å². The van der Waals surface area contributed by atoms with Gasteiger partial charge in [-0.3, -0.25) is 9.59 Å². The fourth-order valence-corrected chi connectivity index (χ4v) is 3.00. The number of amides is 2. The Morgan fingerprint density at radius 2 is 2.00 bits per heavy atom. The molecule has 0 spiro atoms. The molecule has 1 aromatic carbocycles. The number of benzene rings is 1. The Balaban J connectivity index is 1.90. The molecule has 1 aliphatic heterocycles. The number of likely N-dealkylation sites (tertiary alicyclic amines) is 1. The first kappa shape index (κ1) is 15.8. The van der Waals surface area contributed by atoms with Gasteiger partial charge in [-0.25, -0.2) is 0 Å². The highest BCUT2D eigenvalue weighted by molar-refractivity contribution is 14.1. The lowest BCUT2D eigenvalue weighted by molar-refractivity contribution is -0.121. The Kier molecular flexibility index (Phi) is 5.56. The fraction of sp³-hybridized carbons (Fsp3) is 0.400. The van der Waals surface area contributed by atoms with E-state index in [2.05, 4.69) is 27.9 Å². The second kappa shape index (κ2) is 7.41. The number of carbonyl (C=O) groups excluding carboxylic acids is 2. The highest BCUT2D eigenvalue weighted by atomic mass is 127. The molecule has 1 heterocycles. The average molecular weight is 397 g/mol. The van der Waals surface area contributed by atoms with Crippen molar-refractivity contribution in [1.29, 1.82) is 5.26 Å². The summed E-state index contributed by atoms with van der Waals surface area (Å²) in [6, 6.07) is 9.43. The van der Waals surface area contributed by atoms with Crippen LogP contribution in [-0.2, 0) is 4.79 Å². The molecule has 2 amide bonds. The third kappa shape index (κ3) is 4.17. The van der Waals surface area contributed by atoms with E-state index in [0.717, 1.165) is 22.0 Å². The van der Waals surface area contributed by atoms with E-state index >= 15 is 0 Å². The van der Waals surface area contributed by atoms with Crippen LogP contribution in [0.1, 0.15) is 29.6 Å². The molecule has 1 fully saturated rings. The molecular formula is C15H16IN3O2. The van der Waals surface area contributed by atoms with Crippen molar-refractivity contribution < 1.29 is 9.59 Å². The van der Waals surface area contributed by atoms with E-state index in [9.17, 15) is 9.59 Å². The normalized spacial score (nSPS) is 15.3. The summed E-state index contributed by atoms with van der Waals surface area (Å²) in [5, 5.41) is 11.3. The van der Waals surface area contributed by atoms with Gasteiger partial charge in [-0.1, -0.05) is 12.1 Å².